The first-order chi connectivity index (χ1) is 20.3. The third-order valence-corrected chi connectivity index (χ3v) is 11.2. The van der Waals surface area contributed by atoms with Crippen molar-refractivity contribution in [3.05, 3.63) is 75.5 Å². The van der Waals surface area contributed by atoms with Gasteiger partial charge in [-0.2, -0.15) is 18.3 Å². The Morgan fingerprint density at radius 2 is 1.98 bits per heavy atom. The van der Waals surface area contributed by atoms with E-state index in [1.807, 2.05) is 13.0 Å². The van der Waals surface area contributed by atoms with Crippen molar-refractivity contribution in [3.8, 4) is 5.69 Å². The van der Waals surface area contributed by atoms with Crippen LogP contribution in [0.3, 0.4) is 0 Å². The Morgan fingerprint density at radius 1 is 1.23 bits per heavy atom. The first kappa shape index (κ1) is 29.4. The van der Waals surface area contributed by atoms with Gasteiger partial charge in [-0.05, 0) is 67.5 Å². The van der Waals surface area contributed by atoms with E-state index in [9.17, 15) is 26.6 Å². The van der Waals surface area contributed by atoms with Crippen LogP contribution in [0.5, 0.6) is 0 Å². The Morgan fingerprint density at radius 3 is 2.60 bits per heavy atom. The molecule has 43 heavy (non-hydrogen) atoms. The summed E-state index contributed by atoms with van der Waals surface area (Å²) in [7, 11) is -1.49. The number of carbonyl (C=O) groups is 1. The van der Waals surface area contributed by atoms with E-state index in [0.717, 1.165) is 5.57 Å². The van der Waals surface area contributed by atoms with Gasteiger partial charge in [0.1, 0.15) is 17.0 Å². The van der Waals surface area contributed by atoms with Crippen molar-refractivity contribution in [3.63, 3.8) is 0 Å². The third-order valence-electron chi connectivity index (χ3n) is 8.08. The number of thiazole rings is 1. The van der Waals surface area contributed by atoms with Crippen molar-refractivity contribution in [2.24, 2.45) is 12.5 Å². The highest BCUT2D eigenvalue weighted by molar-refractivity contribution is 7.98. The molecule has 1 aromatic carbocycles. The molecule has 6 rings (SSSR count). The second kappa shape index (κ2) is 10.5. The molecule has 1 saturated carbocycles. The first-order valence-electron chi connectivity index (χ1n) is 13.4. The molecular weight excluding hydrogens is 606 g/mol. The molecule has 3 aromatic heterocycles. The Labute approximate surface area is 249 Å². The maximum absolute atomic E-state index is 14.3. The third kappa shape index (κ3) is 5.02. The molecular formula is C28H27F4N7O2S2. The van der Waals surface area contributed by atoms with Crippen LogP contribution < -0.4 is 0 Å². The molecule has 9 nitrogen and oxygen atoms in total. The molecule has 0 amide bonds. The van der Waals surface area contributed by atoms with Crippen LogP contribution in [0.2, 0.25) is 0 Å². The smallest absolute Gasteiger partial charge is 0.290 e. The second-order valence-corrected chi connectivity index (χ2v) is 13.8. The van der Waals surface area contributed by atoms with Crippen molar-refractivity contribution in [2.45, 2.75) is 50.0 Å². The molecule has 0 aliphatic heterocycles. The SMILES string of the molecule is C=S(=O)(c1ncn(C)n1)N(CC)[C@H]1CCC2=Cc3c(cnn3-c3ccc(F)cc3)C[C@]2(C(=O)c2ncc(C(F)(F)F)s2)C1. The van der Waals surface area contributed by atoms with Gasteiger partial charge in [0.15, 0.2) is 5.01 Å². The molecule has 0 saturated heterocycles. The van der Waals surface area contributed by atoms with Gasteiger partial charge in [-0.25, -0.2) is 27.6 Å². The highest BCUT2D eigenvalue weighted by Crippen LogP contribution is 2.52. The predicted molar refractivity (Wildman–Crippen MR) is 154 cm³/mol. The van der Waals surface area contributed by atoms with Gasteiger partial charge < -0.3 is 0 Å². The largest absolute Gasteiger partial charge is 0.427 e. The van der Waals surface area contributed by atoms with E-state index in [2.05, 4.69) is 26.0 Å². The summed E-state index contributed by atoms with van der Waals surface area (Å²) in [4.78, 5) is 21.5. The van der Waals surface area contributed by atoms with E-state index in [-0.39, 0.29) is 23.0 Å². The van der Waals surface area contributed by atoms with Gasteiger partial charge in [0, 0.05) is 19.6 Å². The monoisotopic (exact) mass is 633 g/mol. The number of ketones is 1. The number of benzene rings is 1. The van der Waals surface area contributed by atoms with Crippen molar-refractivity contribution in [1.82, 2.24) is 33.8 Å². The van der Waals surface area contributed by atoms with Gasteiger partial charge >= 0.3 is 6.18 Å². The summed E-state index contributed by atoms with van der Waals surface area (Å²) in [6, 6.07) is 5.41. The van der Waals surface area contributed by atoms with Crippen molar-refractivity contribution in [2.75, 3.05) is 6.54 Å². The number of hydrogen-bond acceptors (Lipinski definition) is 7. The van der Waals surface area contributed by atoms with E-state index in [4.69, 9.17) is 0 Å². The lowest BCUT2D eigenvalue weighted by Gasteiger charge is -2.46. The standard InChI is InChI=1S/C28H27F4N7O2S2/c1-4-38(43(3,41)26-34-16-37(2)36-26)21-8-5-18-11-22-17(14-35-39(22)20-9-6-19(29)7-10-20)12-27(18,13-21)24(40)25-33-15-23(42-25)28(30,31)32/h6-7,9-11,14-16,21H,3-5,8,12-13H2,1-2H3/t21-,27-,43?/m0/s1. The second-order valence-electron chi connectivity index (χ2n) is 10.7. The number of carbonyl (C=O) groups excluding carboxylic acids is 1. The Hall–Kier alpha value is -3.69. The predicted octanol–water partition coefficient (Wildman–Crippen LogP) is 4.99. The number of hydrogen-bond donors (Lipinski definition) is 0. The summed E-state index contributed by atoms with van der Waals surface area (Å²) >= 11 is 0.323. The molecule has 1 fully saturated rings. The minimum absolute atomic E-state index is 0.0693. The van der Waals surface area contributed by atoms with Crippen LogP contribution in [0.4, 0.5) is 17.6 Å². The maximum atomic E-state index is 14.3. The fourth-order valence-corrected chi connectivity index (χ4v) is 8.69. The average Bonchev–Trinajstić information content (AvgIpc) is 3.72. The fourth-order valence-electron chi connectivity index (χ4n) is 6.11. The summed E-state index contributed by atoms with van der Waals surface area (Å²) in [6.07, 6.45) is 2.22. The van der Waals surface area contributed by atoms with Gasteiger partial charge in [-0.3, -0.25) is 9.48 Å². The summed E-state index contributed by atoms with van der Waals surface area (Å²) in [5.74, 6) is 3.07. The van der Waals surface area contributed by atoms with E-state index in [1.165, 1.54) is 23.1 Å². The summed E-state index contributed by atoms with van der Waals surface area (Å²) in [5, 5.41) is 8.55. The number of nitrogens with zero attached hydrogens (tertiary/aromatic N) is 7. The Kier molecular flexibility index (Phi) is 7.17. The zero-order valence-corrected chi connectivity index (χ0v) is 24.8. The average molecular weight is 634 g/mol. The van der Waals surface area contributed by atoms with E-state index < -0.39 is 43.8 Å². The molecule has 2 aliphatic rings. The molecule has 0 N–H and O–H groups in total. The lowest BCUT2D eigenvalue weighted by molar-refractivity contribution is -0.134. The normalized spacial score (nSPS) is 21.7. The Balaban J connectivity index is 1.44. The van der Waals surface area contributed by atoms with Crippen molar-refractivity contribution >= 4 is 38.8 Å². The number of alkyl halides is 3. The van der Waals surface area contributed by atoms with Gasteiger partial charge in [-0.1, -0.05) is 12.5 Å². The van der Waals surface area contributed by atoms with Crippen LogP contribution in [0.25, 0.3) is 11.8 Å². The highest BCUT2D eigenvalue weighted by atomic mass is 32.2. The zero-order chi connectivity index (χ0) is 30.7. The molecule has 1 unspecified atom stereocenters. The van der Waals surface area contributed by atoms with Crippen LogP contribution in [-0.2, 0) is 29.4 Å². The lowest BCUT2D eigenvalue weighted by Crippen LogP contribution is -2.50. The van der Waals surface area contributed by atoms with Crippen molar-refractivity contribution in [1.29, 1.82) is 0 Å². The number of aryl methyl sites for hydroxylation is 1. The molecule has 3 heterocycles. The number of rotatable bonds is 7. The maximum Gasteiger partial charge on any atom is 0.427 e. The molecule has 3 atom stereocenters. The number of halogens is 4. The molecule has 226 valence electrons. The van der Waals surface area contributed by atoms with E-state index in [0.29, 0.717) is 53.9 Å². The van der Waals surface area contributed by atoms with Gasteiger partial charge in [-0.15, -0.1) is 16.4 Å². The van der Waals surface area contributed by atoms with Gasteiger partial charge in [0.2, 0.25) is 10.9 Å². The molecule has 0 bridgehead atoms. The molecule has 4 aromatic rings. The molecule has 2 aliphatic carbocycles. The minimum Gasteiger partial charge on any atom is -0.290 e. The topological polar surface area (TPSA) is 98.8 Å². The highest BCUT2D eigenvalue weighted by Gasteiger charge is 2.52. The van der Waals surface area contributed by atoms with Crippen LogP contribution in [-0.4, -0.2) is 62.3 Å². The van der Waals surface area contributed by atoms with Crippen molar-refractivity contribution < 1.29 is 26.6 Å². The van der Waals surface area contributed by atoms with Gasteiger partial charge in [0.05, 0.1) is 38.9 Å². The van der Waals surface area contributed by atoms with Crippen LogP contribution >= 0.6 is 11.3 Å². The van der Waals surface area contributed by atoms with Crippen LogP contribution in [0.15, 0.2) is 53.7 Å². The summed E-state index contributed by atoms with van der Waals surface area (Å²) in [6.45, 7) is 2.15. The van der Waals surface area contributed by atoms with E-state index >= 15 is 0 Å². The summed E-state index contributed by atoms with van der Waals surface area (Å²) < 4.78 is 72.9. The van der Waals surface area contributed by atoms with Gasteiger partial charge in [0.25, 0.3) is 0 Å². The first-order valence-corrected chi connectivity index (χ1v) is 15.9. The molecule has 0 spiro atoms. The van der Waals surface area contributed by atoms with Crippen LogP contribution in [0, 0.1) is 11.2 Å². The van der Waals surface area contributed by atoms with E-state index in [1.54, 1.807) is 34.4 Å². The zero-order valence-electron chi connectivity index (χ0n) is 23.2. The number of fused-ring (bicyclic) bond motifs is 2. The fraction of sp³-hybridized carbons (Fsp3) is 0.357. The quantitative estimate of drug-likeness (QED) is 0.162. The minimum atomic E-state index is -4.63. The van der Waals surface area contributed by atoms with Crippen LogP contribution in [0.1, 0.15) is 52.1 Å². The Bertz CT molecular complexity index is 1840. The molecule has 0 radical (unpaired) electrons. The lowest BCUT2D eigenvalue weighted by atomic mass is 9.61. The number of Topliss-reactive ketones (excluding diaryl/α,β-unsaturated/α-hetero) is 1. The number of allylic oxidation sites excluding steroid dienone is 1. The number of aromatic nitrogens is 6. The summed E-state index contributed by atoms with van der Waals surface area (Å²) in [5.41, 5.74) is 1.52. The molecule has 15 heteroatoms.